The lowest BCUT2D eigenvalue weighted by molar-refractivity contribution is -1.02. The minimum Gasteiger partial charge on any atom is -0.493 e. The van der Waals surface area contributed by atoms with Gasteiger partial charge in [-0.05, 0) is 31.5 Å². The average Bonchev–Trinajstić information content (AvgIpc) is 2.59. The van der Waals surface area contributed by atoms with Gasteiger partial charge in [-0.25, -0.2) is 0 Å². The molecule has 0 amide bonds. The van der Waals surface area contributed by atoms with Gasteiger partial charge in [0.25, 0.3) is 0 Å². The van der Waals surface area contributed by atoms with Crippen LogP contribution < -0.4 is 24.0 Å². The first-order chi connectivity index (χ1) is 11.1. The summed E-state index contributed by atoms with van der Waals surface area (Å²) in [7, 11) is 4.97. The monoisotopic (exact) mass is 324 g/mol. The van der Waals surface area contributed by atoms with Crippen molar-refractivity contribution in [3.63, 3.8) is 0 Å². The fourth-order valence-electron chi connectivity index (χ4n) is 3.35. The summed E-state index contributed by atoms with van der Waals surface area (Å²) in [5.41, 5.74) is 1.24. The smallest absolute Gasteiger partial charge is 0.203 e. The van der Waals surface area contributed by atoms with Gasteiger partial charge in [0, 0.05) is 6.42 Å². The first-order valence-electron chi connectivity index (χ1n) is 8.56. The van der Waals surface area contributed by atoms with E-state index in [0.717, 1.165) is 30.5 Å². The van der Waals surface area contributed by atoms with E-state index in [2.05, 4.69) is 26.0 Å². The van der Waals surface area contributed by atoms with Crippen molar-refractivity contribution < 1.29 is 24.0 Å². The standard InChI is InChI=1S/C18H30N2O3/c1-14(2)20-10-8-19(9-11-20)7-6-15-12-16(21-3)18(23-5)17(13-15)22-4/h12-14H,6-11H2,1-5H3/p+2. The topological polar surface area (TPSA) is 36.6 Å². The largest absolute Gasteiger partial charge is 0.493 e. The van der Waals surface area contributed by atoms with E-state index in [4.69, 9.17) is 14.2 Å². The molecular weight excluding hydrogens is 292 g/mol. The molecule has 0 saturated carbocycles. The van der Waals surface area contributed by atoms with Crippen LogP contribution in [0.2, 0.25) is 0 Å². The molecule has 5 nitrogen and oxygen atoms in total. The summed E-state index contributed by atoms with van der Waals surface area (Å²) in [6.45, 7) is 10.9. The molecule has 1 saturated heterocycles. The van der Waals surface area contributed by atoms with Crippen molar-refractivity contribution in [2.45, 2.75) is 26.3 Å². The van der Waals surface area contributed by atoms with Gasteiger partial charge in [-0.2, -0.15) is 0 Å². The Bertz CT molecular complexity index is 472. The zero-order valence-corrected chi connectivity index (χ0v) is 15.2. The van der Waals surface area contributed by atoms with Crippen LogP contribution in [0, 0.1) is 0 Å². The maximum absolute atomic E-state index is 5.44. The van der Waals surface area contributed by atoms with Crippen molar-refractivity contribution in [1.29, 1.82) is 0 Å². The Balaban J connectivity index is 1.96. The van der Waals surface area contributed by atoms with Crippen molar-refractivity contribution in [3.05, 3.63) is 17.7 Å². The van der Waals surface area contributed by atoms with Gasteiger partial charge in [-0.1, -0.05) is 0 Å². The molecule has 2 rings (SSSR count). The van der Waals surface area contributed by atoms with Crippen LogP contribution in [0.4, 0.5) is 0 Å². The zero-order chi connectivity index (χ0) is 16.8. The van der Waals surface area contributed by atoms with Gasteiger partial charge in [-0.15, -0.1) is 0 Å². The van der Waals surface area contributed by atoms with Gasteiger partial charge >= 0.3 is 0 Å². The summed E-state index contributed by atoms with van der Waals surface area (Å²) < 4.78 is 16.3. The van der Waals surface area contributed by atoms with Gasteiger partial charge in [0.1, 0.15) is 26.2 Å². The number of quaternary nitrogens is 2. The van der Waals surface area contributed by atoms with Gasteiger partial charge in [-0.3, -0.25) is 0 Å². The van der Waals surface area contributed by atoms with Crippen molar-refractivity contribution in [1.82, 2.24) is 0 Å². The third-order valence-electron chi connectivity index (χ3n) is 4.91. The predicted octanol–water partition coefficient (Wildman–Crippen LogP) is -0.553. The molecule has 1 aromatic carbocycles. The second-order valence-corrected chi connectivity index (χ2v) is 6.60. The molecule has 5 heteroatoms. The van der Waals surface area contributed by atoms with Crippen molar-refractivity contribution in [3.8, 4) is 17.2 Å². The molecule has 1 fully saturated rings. The molecule has 0 spiro atoms. The number of methoxy groups -OCH3 is 3. The Morgan fingerprint density at radius 3 is 1.91 bits per heavy atom. The first kappa shape index (κ1) is 17.9. The lowest BCUT2D eigenvalue weighted by Crippen LogP contribution is -3.29. The van der Waals surface area contributed by atoms with Crippen LogP contribution in [0.5, 0.6) is 17.2 Å². The summed E-state index contributed by atoms with van der Waals surface area (Å²) in [4.78, 5) is 3.43. The van der Waals surface area contributed by atoms with Crippen molar-refractivity contribution in [2.24, 2.45) is 0 Å². The van der Waals surface area contributed by atoms with Crippen LogP contribution in [0.3, 0.4) is 0 Å². The molecule has 0 atom stereocenters. The quantitative estimate of drug-likeness (QED) is 0.706. The highest BCUT2D eigenvalue weighted by molar-refractivity contribution is 5.53. The average molecular weight is 324 g/mol. The number of ether oxygens (including phenoxy) is 3. The third kappa shape index (κ3) is 4.52. The van der Waals surface area contributed by atoms with Gasteiger partial charge in [0.05, 0.1) is 33.9 Å². The Morgan fingerprint density at radius 1 is 0.913 bits per heavy atom. The van der Waals surface area contributed by atoms with Gasteiger partial charge in [0.2, 0.25) is 5.75 Å². The Morgan fingerprint density at radius 2 is 1.48 bits per heavy atom. The molecule has 0 aliphatic carbocycles. The number of hydrogen-bond acceptors (Lipinski definition) is 3. The van der Waals surface area contributed by atoms with Crippen molar-refractivity contribution in [2.75, 3.05) is 54.1 Å². The molecule has 0 aromatic heterocycles. The highest BCUT2D eigenvalue weighted by Gasteiger charge is 2.24. The normalized spacial score (nSPS) is 21.3. The highest BCUT2D eigenvalue weighted by Crippen LogP contribution is 2.38. The summed E-state index contributed by atoms with van der Waals surface area (Å²) in [6.07, 6.45) is 1.03. The van der Waals surface area contributed by atoms with Gasteiger partial charge in [0.15, 0.2) is 11.5 Å². The summed E-state index contributed by atoms with van der Waals surface area (Å²) in [5.74, 6) is 2.15. The summed E-state index contributed by atoms with van der Waals surface area (Å²) >= 11 is 0. The van der Waals surface area contributed by atoms with Gasteiger partial charge < -0.3 is 24.0 Å². The van der Waals surface area contributed by atoms with Crippen LogP contribution in [-0.4, -0.2) is 60.1 Å². The minimum absolute atomic E-state index is 0.667. The molecule has 130 valence electrons. The van der Waals surface area contributed by atoms with Crippen molar-refractivity contribution >= 4 is 0 Å². The van der Waals surface area contributed by atoms with Crippen LogP contribution >= 0.6 is 0 Å². The van der Waals surface area contributed by atoms with E-state index in [0.29, 0.717) is 5.75 Å². The molecule has 0 unspecified atom stereocenters. The van der Waals surface area contributed by atoms with Crippen LogP contribution in [-0.2, 0) is 6.42 Å². The summed E-state index contributed by atoms with van der Waals surface area (Å²) in [6, 6.07) is 4.87. The molecule has 23 heavy (non-hydrogen) atoms. The third-order valence-corrected chi connectivity index (χ3v) is 4.91. The fraction of sp³-hybridized carbons (Fsp3) is 0.667. The molecule has 0 radical (unpaired) electrons. The second kappa shape index (κ2) is 8.41. The number of nitrogens with one attached hydrogen (secondary N) is 2. The van der Waals surface area contributed by atoms with E-state index >= 15 is 0 Å². The SMILES string of the molecule is COc1cc(CC[NH+]2CC[NH+](C(C)C)CC2)cc(OC)c1OC. The van der Waals surface area contributed by atoms with Crippen LogP contribution in [0.25, 0.3) is 0 Å². The number of hydrogen-bond donors (Lipinski definition) is 2. The molecule has 0 bridgehead atoms. The molecule has 1 aliphatic rings. The molecular formula is C18H32N2O3+2. The molecule has 1 heterocycles. The number of rotatable bonds is 7. The van der Waals surface area contributed by atoms with E-state index < -0.39 is 0 Å². The zero-order valence-electron chi connectivity index (χ0n) is 15.2. The Labute approximate surface area is 140 Å². The maximum Gasteiger partial charge on any atom is 0.203 e. The second-order valence-electron chi connectivity index (χ2n) is 6.60. The Hall–Kier alpha value is -1.46. The van der Waals surface area contributed by atoms with Crippen LogP contribution in [0.1, 0.15) is 19.4 Å². The predicted molar refractivity (Wildman–Crippen MR) is 91.2 cm³/mol. The first-order valence-corrected chi connectivity index (χ1v) is 8.56. The number of piperazine rings is 1. The van der Waals surface area contributed by atoms with Crippen LogP contribution in [0.15, 0.2) is 12.1 Å². The van der Waals surface area contributed by atoms with E-state index in [1.54, 1.807) is 31.1 Å². The Kier molecular flexibility index (Phi) is 6.54. The number of benzene rings is 1. The molecule has 2 N–H and O–H groups in total. The highest BCUT2D eigenvalue weighted by atomic mass is 16.5. The molecule has 1 aromatic rings. The molecule has 1 aliphatic heterocycles. The fourth-order valence-corrected chi connectivity index (χ4v) is 3.35. The van der Waals surface area contributed by atoms with E-state index in [-0.39, 0.29) is 0 Å². The maximum atomic E-state index is 5.44. The van der Waals surface area contributed by atoms with E-state index in [9.17, 15) is 0 Å². The lowest BCUT2D eigenvalue weighted by Gasteiger charge is -2.32. The van der Waals surface area contributed by atoms with E-state index in [1.165, 1.54) is 31.7 Å². The van der Waals surface area contributed by atoms with E-state index in [1.807, 2.05) is 0 Å². The summed E-state index contributed by atoms with van der Waals surface area (Å²) in [5, 5.41) is 0. The lowest BCUT2D eigenvalue weighted by atomic mass is 10.1. The minimum atomic E-state index is 0.667.